The van der Waals surface area contributed by atoms with Gasteiger partial charge in [-0.25, -0.2) is 0 Å². The number of benzene rings is 1. The van der Waals surface area contributed by atoms with E-state index in [9.17, 15) is 4.79 Å². The Bertz CT molecular complexity index is 764. The van der Waals surface area contributed by atoms with Gasteiger partial charge < -0.3 is 18.9 Å². The van der Waals surface area contributed by atoms with E-state index in [-0.39, 0.29) is 17.8 Å². The van der Waals surface area contributed by atoms with Crippen molar-refractivity contribution < 1.29 is 23.7 Å². The molecule has 1 saturated heterocycles. The number of hydrogen-bond acceptors (Lipinski definition) is 5. The molecule has 1 fully saturated rings. The fourth-order valence-corrected chi connectivity index (χ4v) is 3.87. The molecule has 140 valence electrons. The summed E-state index contributed by atoms with van der Waals surface area (Å²) in [6.45, 7) is 4.15. The van der Waals surface area contributed by atoms with Gasteiger partial charge in [0.1, 0.15) is 17.5 Å². The van der Waals surface area contributed by atoms with Gasteiger partial charge in [-0.1, -0.05) is 26.3 Å². The smallest absolute Gasteiger partial charge is 0.185 e. The van der Waals surface area contributed by atoms with E-state index in [1.54, 1.807) is 27.4 Å². The zero-order valence-electron chi connectivity index (χ0n) is 16.0. The van der Waals surface area contributed by atoms with Crippen molar-refractivity contribution in [2.45, 2.75) is 38.4 Å². The lowest BCUT2D eigenvalue weighted by Gasteiger charge is -2.31. The van der Waals surface area contributed by atoms with Gasteiger partial charge in [-0.15, -0.1) is 0 Å². The molecule has 1 aromatic carbocycles. The molecule has 0 aromatic heterocycles. The van der Waals surface area contributed by atoms with E-state index in [4.69, 9.17) is 18.9 Å². The van der Waals surface area contributed by atoms with E-state index in [0.717, 1.165) is 24.0 Å². The second kappa shape index (κ2) is 7.16. The van der Waals surface area contributed by atoms with Gasteiger partial charge in [-0.3, -0.25) is 4.79 Å². The van der Waals surface area contributed by atoms with Crippen LogP contribution in [0.25, 0.3) is 0 Å². The number of ketones is 1. The van der Waals surface area contributed by atoms with Crippen LogP contribution in [-0.2, 0) is 14.3 Å². The molecule has 26 heavy (non-hydrogen) atoms. The van der Waals surface area contributed by atoms with Crippen LogP contribution in [0.15, 0.2) is 41.7 Å². The molecule has 0 radical (unpaired) electrons. The van der Waals surface area contributed by atoms with E-state index >= 15 is 0 Å². The monoisotopic (exact) mass is 358 g/mol. The molecule has 2 aliphatic rings. The summed E-state index contributed by atoms with van der Waals surface area (Å²) in [4.78, 5) is 12.4. The molecule has 1 aromatic rings. The third kappa shape index (κ3) is 2.80. The lowest BCUT2D eigenvalue weighted by atomic mass is 9.78. The third-order valence-corrected chi connectivity index (χ3v) is 5.33. The number of methoxy groups -OCH3 is 3. The third-order valence-electron chi connectivity index (χ3n) is 5.33. The van der Waals surface area contributed by atoms with E-state index in [1.165, 1.54) is 0 Å². The number of fused-ring (bicyclic) bond motifs is 1. The Morgan fingerprint density at radius 3 is 2.50 bits per heavy atom. The normalized spacial score (nSPS) is 27.3. The minimum absolute atomic E-state index is 0.00296. The maximum absolute atomic E-state index is 12.4. The van der Waals surface area contributed by atoms with Crippen LogP contribution >= 0.6 is 0 Å². The number of allylic oxidation sites excluding steroid dienone is 2. The Hall–Kier alpha value is -2.27. The molecule has 1 aliphatic heterocycles. The molecule has 0 amide bonds. The molecule has 0 bridgehead atoms. The summed E-state index contributed by atoms with van der Waals surface area (Å²) >= 11 is 0. The first-order valence-corrected chi connectivity index (χ1v) is 8.92. The van der Waals surface area contributed by atoms with Crippen LogP contribution in [0.1, 0.15) is 38.4 Å². The molecule has 0 saturated carbocycles. The van der Waals surface area contributed by atoms with Crippen molar-refractivity contribution in [3.05, 3.63) is 47.2 Å². The second-order valence-corrected chi connectivity index (χ2v) is 6.73. The first kappa shape index (κ1) is 18.5. The van der Waals surface area contributed by atoms with Crippen molar-refractivity contribution in [3.8, 4) is 11.5 Å². The average Bonchev–Trinajstić information content (AvgIpc) is 2.94. The summed E-state index contributed by atoms with van der Waals surface area (Å²) in [6.07, 6.45) is 4.95. The van der Waals surface area contributed by atoms with Crippen molar-refractivity contribution >= 4 is 5.78 Å². The van der Waals surface area contributed by atoms with E-state index < -0.39 is 5.60 Å². The minimum atomic E-state index is -0.712. The first-order chi connectivity index (χ1) is 12.5. The van der Waals surface area contributed by atoms with Crippen molar-refractivity contribution in [2.75, 3.05) is 21.3 Å². The molecule has 1 aliphatic carbocycles. The largest absolute Gasteiger partial charge is 0.493 e. The molecule has 0 spiro atoms. The summed E-state index contributed by atoms with van der Waals surface area (Å²) in [5.74, 6) is 1.90. The van der Waals surface area contributed by atoms with Crippen LogP contribution in [0, 0.1) is 5.92 Å². The number of carbonyl (C=O) groups excluding carboxylic acids is 1. The van der Waals surface area contributed by atoms with Crippen LogP contribution in [0.3, 0.4) is 0 Å². The molecule has 3 rings (SSSR count). The maximum atomic E-state index is 12.4. The Morgan fingerprint density at radius 2 is 1.88 bits per heavy atom. The quantitative estimate of drug-likeness (QED) is 0.770. The van der Waals surface area contributed by atoms with E-state index in [2.05, 4.69) is 13.8 Å². The highest BCUT2D eigenvalue weighted by molar-refractivity contribution is 6.05. The zero-order chi connectivity index (χ0) is 18.9. The Balaban J connectivity index is 2.01. The molecular formula is C21H26O5. The maximum Gasteiger partial charge on any atom is 0.185 e. The van der Waals surface area contributed by atoms with Gasteiger partial charge in [0.25, 0.3) is 0 Å². The number of hydrogen-bond donors (Lipinski definition) is 0. The van der Waals surface area contributed by atoms with Crippen molar-refractivity contribution in [1.82, 2.24) is 0 Å². The number of carbonyl (C=O) groups is 1. The van der Waals surface area contributed by atoms with Gasteiger partial charge in [0.2, 0.25) is 0 Å². The number of rotatable bonds is 6. The fraction of sp³-hybridized carbons (Fsp3) is 0.476. The standard InChI is InChI=1S/C21H26O5/c1-6-7-15-12-21(25-5)13(2)20(26-19(21)11-16(15)22)14-8-9-17(23-3)18(10-14)24-4/h8-13,20H,6-7H2,1-5H3/t13-,20-,21+/m0/s1. The predicted octanol–water partition coefficient (Wildman–Crippen LogP) is 3.99. The van der Waals surface area contributed by atoms with Crippen molar-refractivity contribution in [3.63, 3.8) is 0 Å². The van der Waals surface area contributed by atoms with Gasteiger partial charge in [-0.2, -0.15) is 0 Å². The summed E-state index contributed by atoms with van der Waals surface area (Å²) in [5, 5.41) is 0. The van der Waals surface area contributed by atoms with Gasteiger partial charge >= 0.3 is 0 Å². The van der Waals surface area contributed by atoms with Crippen LogP contribution < -0.4 is 9.47 Å². The predicted molar refractivity (Wildman–Crippen MR) is 98.4 cm³/mol. The first-order valence-electron chi connectivity index (χ1n) is 8.92. The zero-order valence-corrected chi connectivity index (χ0v) is 16.0. The highest BCUT2D eigenvalue weighted by atomic mass is 16.6. The summed E-state index contributed by atoms with van der Waals surface area (Å²) in [7, 11) is 4.88. The minimum Gasteiger partial charge on any atom is -0.493 e. The molecule has 1 heterocycles. The summed E-state index contributed by atoms with van der Waals surface area (Å²) in [5.41, 5.74) is 1.04. The molecule has 3 atom stereocenters. The van der Waals surface area contributed by atoms with Gasteiger partial charge in [0.15, 0.2) is 17.3 Å². The second-order valence-electron chi connectivity index (χ2n) is 6.73. The summed E-state index contributed by atoms with van der Waals surface area (Å²) < 4.78 is 22.8. The molecule has 5 nitrogen and oxygen atoms in total. The lowest BCUT2D eigenvalue weighted by Crippen LogP contribution is -2.38. The topological polar surface area (TPSA) is 54.0 Å². The van der Waals surface area contributed by atoms with Crippen molar-refractivity contribution in [2.24, 2.45) is 5.92 Å². The van der Waals surface area contributed by atoms with E-state index in [0.29, 0.717) is 17.3 Å². The molecular weight excluding hydrogens is 332 g/mol. The van der Waals surface area contributed by atoms with Crippen LogP contribution in [0.2, 0.25) is 0 Å². The molecule has 0 N–H and O–H groups in total. The molecule has 5 heteroatoms. The highest BCUT2D eigenvalue weighted by Gasteiger charge is 2.53. The van der Waals surface area contributed by atoms with Crippen LogP contribution in [0.5, 0.6) is 11.5 Å². The van der Waals surface area contributed by atoms with Gasteiger partial charge in [0, 0.05) is 19.1 Å². The summed E-state index contributed by atoms with van der Waals surface area (Å²) in [6, 6.07) is 5.74. The number of ether oxygens (including phenoxy) is 4. The van der Waals surface area contributed by atoms with E-state index in [1.807, 2.05) is 24.3 Å². The lowest BCUT2D eigenvalue weighted by molar-refractivity contribution is -0.112. The van der Waals surface area contributed by atoms with Crippen LogP contribution in [-0.4, -0.2) is 32.7 Å². The fourth-order valence-electron chi connectivity index (χ4n) is 3.87. The Kier molecular flexibility index (Phi) is 5.10. The Morgan fingerprint density at radius 1 is 1.15 bits per heavy atom. The molecule has 0 unspecified atom stereocenters. The van der Waals surface area contributed by atoms with Crippen molar-refractivity contribution in [1.29, 1.82) is 0 Å². The van der Waals surface area contributed by atoms with Crippen LogP contribution in [0.4, 0.5) is 0 Å². The SMILES string of the molecule is CCCC1=C[C@]2(OC)C(=CC1=O)O[C@H](c1ccc(OC)c(OC)c1)[C@@H]2C. The average molecular weight is 358 g/mol. The Labute approximate surface area is 154 Å². The van der Waals surface area contributed by atoms with Gasteiger partial charge in [0.05, 0.1) is 14.2 Å². The van der Waals surface area contributed by atoms with Gasteiger partial charge in [-0.05, 0) is 35.8 Å². The highest BCUT2D eigenvalue weighted by Crippen LogP contribution is 2.52.